The molecule has 2 rings (SSSR count). The number of aromatic nitrogens is 3. The van der Waals surface area contributed by atoms with Crippen molar-refractivity contribution in [3.05, 3.63) is 46.0 Å². The predicted molar refractivity (Wildman–Crippen MR) is 84.6 cm³/mol. The highest BCUT2D eigenvalue weighted by molar-refractivity contribution is 9.10. The van der Waals surface area contributed by atoms with Crippen LogP contribution in [0, 0.1) is 6.92 Å². The molecule has 1 aromatic heterocycles. The van der Waals surface area contributed by atoms with Gasteiger partial charge in [0.25, 0.3) is 0 Å². The number of hydrogen-bond acceptors (Lipinski definition) is 3. The van der Waals surface area contributed by atoms with Crippen LogP contribution in [0.3, 0.4) is 0 Å². The zero-order valence-corrected chi connectivity index (χ0v) is 13.8. The minimum Gasteiger partial charge on any atom is -0.310 e. The van der Waals surface area contributed by atoms with Gasteiger partial charge in [-0.2, -0.15) is 5.10 Å². The van der Waals surface area contributed by atoms with Crippen LogP contribution in [0.2, 0.25) is 0 Å². The summed E-state index contributed by atoms with van der Waals surface area (Å²) < 4.78 is 2.96. The van der Waals surface area contributed by atoms with E-state index in [1.807, 2.05) is 11.7 Å². The zero-order chi connectivity index (χ0) is 14.5. The second-order valence-corrected chi connectivity index (χ2v) is 5.99. The summed E-state index contributed by atoms with van der Waals surface area (Å²) in [7, 11) is 1.94. The number of halogens is 1. The van der Waals surface area contributed by atoms with Crippen molar-refractivity contribution in [1.29, 1.82) is 0 Å². The van der Waals surface area contributed by atoms with Crippen LogP contribution in [-0.4, -0.2) is 21.3 Å². The van der Waals surface area contributed by atoms with E-state index in [0.717, 1.165) is 29.7 Å². The zero-order valence-electron chi connectivity index (χ0n) is 12.2. The normalized spacial score (nSPS) is 12.6. The third kappa shape index (κ3) is 3.90. The summed E-state index contributed by atoms with van der Waals surface area (Å²) in [5, 5.41) is 7.75. The molecule has 1 N–H and O–H groups in total. The van der Waals surface area contributed by atoms with Gasteiger partial charge in [0.05, 0.1) is 0 Å². The number of benzene rings is 1. The highest BCUT2D eigenvalue weighted by atomic mass is 79.9. The van der Waals surface area contributed by atoms with E-state index in [1.165, 1.54) is 11.1 Å². The Balaban J connectivity index is 2.24. The van der Waals surface area contributed by atoms with Gasteiger partial charge < -0.3 is 5.32 Å². The molecule has 0 aliphatic rings. The van der Waals surface area contributed by atoms with Gasteiger partial charge in [0.15, 0.2) is 0 Å². The Morgan fingerprint density at radius 3 is 2.75 bits per heavy atom. The standard InChI is InChI=1S/C15H21BrN4/c1-4-5-17-14(9-15-18-10-19-20(15)3)12-6-11(2)7-13(16)8-12/h6-8,10,14,17H,4-5,9H2,1-3H3. The minimum absolute atomic E-state index is 0.258. The maximum absolute atomic E-state index is 4.33. The van der Waals surface area contributed by atoms with Gasteiger partial charge in [-0.25, -0.2) is 4.98 Å². The van der Waals surface area contributed by atoms with Crippen LogP contribution in [0.1, 0.15) is 36.3 Å². The molecule has 0 saturated carbocycles. The lowest BCUT2D eigenvalue weighted by Crippen LogP contribution is -2.25. The summed E-state index contributed by atoms with van der Waals surface area (Å²) in [6.45, 7) is 5.29. The van der Waals surface area contributed by atoms with Crippen molar-refractivity contribution >= 4 is 15.9 Å². The van der Waals surface area contributed by atoms with Crippen molar-refractivity contribution in [1.82, 2.24) is 20.1 Å². The Morgan fingerprint density at radius 2 is 2.15 bits per heavy atom. The van der Waals surface area contributed by atoms with Crippen molar-refractivity contribution in [2.75, 3.05) is 6.54 Å². The average Bonchev–Trinajstić information content (AvgIpc) is 2.78. The van der Waals surface area contributed by atoms with Crippen LogP contribution in [0.4, 0.5) is 0 Å². The SMILES string of the molecule is CCCNC(Cc1ncnn1C)c1cc(C)cc(Br)c1. The van der Waals surface area contributed by atoms with E-state index in [1.54, 1.807) is 6.33 Å². The van der Waals surface area contributed by atoms with Gasteiger partial charge in [-0.05, 0) is 43.1 Å². The number of nitrogens with zero attached hydrogens (tertiary/aromatic N) is 3. The molecule has 0 radical (unpaired) electrons. The molecule has 1 unspecified atom stereocenters. The molecule has 0 spiro atoms. The quantitative estimate of drug-likeness (QED) is 0.880. The second kappa shape index (κ2) is 6.99. The molecule has 0 saturated heterocycles. The second-order valence-electron chi connectivity index (χ2n) is 5.07. The lowest BCUT2D eigenvalue weighted by atomic mass is 10.0. The first-order valence-corrected chi connectivity index (χ1v) is 7.72. The number of rotatable bonds is 6. The summed E-state index contributed by atoms with van der Waals surface area (Å²) >= 11 is 3.58. The molecule has 2 aromatic rings. The van der Waals surface area contributed by atoms with Crippen LogP contribution in [0.5, 0.6) is 0 Å². The summed E-state index contributed by atoms with van der Waals surface area (Å²) in [5.74, 6) is 0.997. The fourth-order valence-electron chi connectivity index (χ4n) is 2.28. The highest BCUT2D eigenvalue weighted by Crippen LogP contribution is 2.23. The van der Waals surface area contributed by atoms with Gasteiger partial charge in [-0.15, -0.1) is 0 Å². The van der Waals surface area contributed by atoms with Crippen molar-refractivity contribution < 1.29 is 0 Å². The Hall–Kier alpha value is -1.20. The molecule has 108 valence electrons. The third-order valence-electron chi connectivity index (χ3n) is 3.30. The molecule has 5 heteroatoms. The van der Waals surface area contributed by atoms with Gasteiger partial charge >= 0.3 is 0 Å². The van der Waals surface area contributed by atoms with Crippen molar-refractivity contribution in [3.63, 3.8) is 0 Å². The summed E-state index contributed by atoms with van der Waals surface area (Å²) in [5.41, 5.74) is 2.55. The van der Waals surface area contributed by atoms with Crippen LogP contribution in [0.25, 0.3) is 0 Å². The molecule has 1 aromatic carbocycles. The first-order chi connectivity index (χ1) is 9.60. The molecule has 0 fully saturated rings. The Kier molecular flexibility index (Phi) is 5.31. The van der Waals surface area contributed by atoms with Gasteiger partial charge in [-0.1, -0.05) is 28.9 Å². The highest BCUT2D eigenvalue weighted by Gasteiger charge is 2.15. The van der Waals surface area contributed by atoms with Gasteiger partial charge in [0.2, 0.25) is 0 Å². The van der Waals surface area contributed by atoms with Gasteiger partial charge in [0, 0.05) is 24.0 Å². The fourth-order valence-corrected chi connectivity index (χ4v) is 2.91. The van der Waals surface area contributed by atoms with E-state index in [2.05, 4.69) is 63.4 Å². The van der Waals surface area contributed by atoms with E-state index >= 15 is 0 Å². The maximum Gasteiger partial charge on any atom is 0.138 e. The molecule has 0 aliphatic carbocycles. The van der Waals surface area contributed by atoms with Crippen LogP contribution < -0.4 is 5.32 Å². The molecule has 1 atom stereocenters. The van der Waals surface area contributed by atoms with Crippen molar-refractivity contribution in [2.45, 2.75) is 32.7 Å². The Morgan fingerprint density at radius 1 is 1.35 bits per heavy atom. The smallest absolute Gasteiger partial charge is 0.138 e. The monoisotopic (exact) mass is 336 g/mol. The molecular formula is C15H21BrN4. The number of nitrogens with one attached hydrogen (secondary N) is 1. The van der Waals surface area contributed by atoms with Gasteiger partial charge in [0.1, 0.15) is 12.2 Å². The topological polar surface area (TPSA) is 42.7 Å². The molecular weight excluding hydrogens is 316 g/mol. The van der Waals surface area contributed by atoms with Crippen LogP contribution in [-0.2, 0) is 13.5 Å². The molecule has 20 heavy (non-hydrogen) atoms. The van der Waals surface area contributed by atoms with Crippen LogP contribution in [0.15, 0.2) is 29.0 Å². The van der Waals surface area contributed by atoms with E-state index in [0.29, 0.717) is 0 Å². The lowest BCUT2D eigenvalue weighted by Gasteiger charge is -2.19. The maximum atomic E-state index is 4.33. The molecule has 0 bridgehead atoms. The van der Waals surface area contributed by atoms with E-state index < -0.39 is 0 Å². The predicted octanol–water partition coefficient (Wildman–Crippen LogP) is 3.17. The van der Waals surface area contributed by atoms with E-state index in [9.17, 15) is 0 Å². The average molecular weight is 337 g/mol. The largest absolute Gasteiger partial charge is 0.310 e. The number of aryl methyl sites for hydroxylation is 2. The summed E-state index contributed by atoms with van der Waals surface area (Å²) in [4.78, 5) is 4.33. The van der Waals surface area contributed by atoms with Crippen molar-refractivity contribution in [3.8, 4) is 0 Å². The first-order valence-electron chi connectivity index (χ1n) is 6.93. The summed E-state index contributed by atoms with van der Waals surface area (Å²) in [6.07, 6.45) is 3.56. The lowest BCUT2D eigenvalue weighted by molar-refractivity contribution is 0.506. The Bertz CT molecular complexity index is 545. The molecule has 1 heterocycles. The molecule has 0 amide bonds. The Labute approximate surface area is 128 Å². The van der Waals surface area contributed by atoms with Crippen molar-refractivity contribution in [2.24, 2.45) is 7.05 Å². The van der Waals surface area contributed by atoms with E-state index in [-0.39, 0.29) is 6.04 Å². The van der Waals surface area contributed by atoms with Crippen LogP contribution >= 0.6 is 15.9 Å². The van der Waals surface area contributed by atoms with Gasteiger partial charge in [-0.3, -0.25) is 4.68 Å². The number of hydrogen-bond donors (Lipinski definition) is 1. The van der Waals surface area contributed by atoms with E-state index in [4.69, 9.17) is 0 Å². The molecule has 0 aliphatic heterocycles. The minimum atomic E-state index is 0.258. The first kappa shape index (κ1) is 15.2. The fraction of sp³-hybridized carbons (Fsp3) is 0.467. The third-order valence-corrected chi connectivity index (χ3v) is 3.76. The summed E-state index contributed by atoms with van der Waals surface area (Å²) in [6, 6.07) is 6.79. The molecule has 4 nitrogen and oxygen atoms in total.